The van der Waals surface area contributed by atoms with Crippen LogP contribution in [0.15, 0.2) is 41.1 Å². The SMILES string of the molecule is Cn1cccc1[C@H](O)CNC(=O)c1ccco1. The molecular weight excluding hydrogens is 220 g/mol. The van der Waals surface area contributed by atoms with Crippen molar-refractivity contribution in [3.8, 4) is 0 Å². The van der Waals surface area contributed by atoms with E-state index in [9.17, 15) is 9.90 Å². The zero-order chi connectivity index (χ0) is 12.3. The molecule has 0 saturated carbocycles. The number of rotatable bonds is 4. The van der Waals surface area contributed by atoms with E-state index in [1.54, 1.807) is 12.1 Å². The first-order valence-electron chi connectivity index (χ1n) is 5.29. The van der Waals surface area contributed by atoms with E-state index in [1.807, 2.05) is 29.9 Å². The molecule has 2 aromatic rings. The van der Waals surface area contributed by atoms with E-state index in [4.69, 9.17) is 4.42 Å². The third-order valence-corrected chi connectivity index (χ3v) is 2.53. The van der Waals surface area contributed by atoms with E-state index < -0.39 is 6.10 Å². The van der Waals surface area contributed by atoms with E-state index in [0.29, 0.717) is 0 Å². The van der Waals surface area contributed by atoms with E-state index in [1.165, 1.54) is 6.26 Å². The first kappa shape index (κ1) is 11.5. The fraction of sp³-hybridized carbons (Fsp3) is 0.250. The molecule has 1 atom stereocenters. The van der Waals surface area contributed by atoms with E-state index >= 15 is 0 Å². The summed E-state index contributed by atoms with van der Waals surface area (Å²) < 4.78 is 6.75. The molecule has 0 fully saturated rings. The topological polar surface area (TPSA) is 67.4 Å². The van der Waals surface area contributed by atoms with Crippen molar-refractivity contribution >= 4 is 5.91 Å². The highest BCUT2D eigenvalue weighted by atomic mass is 16.3. The molecule has 0 aliphatic carbocycles. The molecule has 17 heavy (non-hydrogen) atoms. The average molecular weight is 234 g/mol. The van der Waals surface area contributed by atoms with Crippen molar-refractivity contribution in [1.82, 2.24) is 9.88 Å². The Kier molecular flexibility index (Phi) is 3.30. The number of aryl methyl sites for hydroxylation is 1. The maximum atomic E-state index is 11.5. The van der Waals surface area contributed by atoms with Gasteiger partial charge in [-0.2, -0.15) is 0 Å². The summed E-state index contributed by atoms with van der Waals surface area (Å²) in [4.78, 5) is 11.5. The highest BCUT2D eigenvalue weighted by Crippen LogP contribution is 2.11. The number of carbonyl (C=O) groups excluding carboxylic acids is 1. The minimum atomic E-state index is -0.728. The maximum Gasteiger partial charge on any atom is 0.287 e. The number of carbonyl (C=O) groups is 1. The van der Waals surface area contributed by atoms with Crippen molar-refractivity contribution in [2.75, 3.05) is 6.54 Å². The Bertz CT molecular complexity index is 488. The van der Waals surface area contributed by atoms with Gasteiger partial charge < -0.3 is 19.4 Å². The van der Waals surface area contributed by atoms with Crippen molar-refractivity contribution in [3.63, 3.8) is 0 Å². The molecule has 0 aromatic carbocycles. The van der Waals surface area contributed by atoms with Crippen LogP contribution in [0.4, 0.5) is 0 Å². The average Bonchev–Trinajstić information content (AvgIpc) is 2.95. The van der Waals surface area contributed by atoms with Crippen LogP contribution in [0.2, 0.25) is 0 Å². The molecule has 5 heteroatoms. The van der Waals surface area contributed by atoms with Crippen LogP contribution in [0.25, 0.3) is 0 Å². The molecule has 2 N–H and O–H groups in total. The second-order valence-electron chi connectivity index (χ2n) is 3.75. The quantitative estimate of drug-likeness (QED) is 0.831. The summed E-state index contributed by atoms with van der Waals surface area (Å²) in [5.41, 5.74) is 0.754. The Morgan fingerprint density at radius 2 is 2.35 bits per heavy atom. The normalized spacial score (nSPS) is 12.4. The highest BCUT2D eigenvalue weighted by molar-refractivity contribution is 5.91. The molecule has 0 unspecified atom stereocenters. The Hall–Kier alpha value is -2.01. The molecule has 1 amide bonds. The lowest BCUT2D eigenvalue weighted by molar-refractivity contribution is 0.0885. The number of hydrogen-bond donors (Lipinski definition) is 2. The number of aliphatic hydroxyl groups excluding tert-OH is 1. The van der Waals surface area contributed by atoms with Gasteiger partial charge in [0.1, 0.15) is 6.10 Å². The first-order valence-corrected chi connectivity index (χ1v) is 5.29. The zero-order valence-corrected chi connectivity index (χ0v) is 9.46. The van der Waals surface area contributed by atoms with Gasteiger partial charge in [-0.05, 0) is 24.3 Å². The standard InChI is InChI=1S/C12H14N2O3/c1-14-6-2-4-9(14)10(15)8-13-12(16)11-5-3-7-17-11/h2-7,10,15H,8H2,1H3,(H,13,16)/t10-/m1/s1. The summed E-state index contributed by atoms with van der Waals surface area (Å²) in [6.45, 7) is 0.150. The van der Waals surface area contributed by atoms with Gasteiger partial charge in [-0.3, -0.25) is 4.79 Å². The van der Waals surface area contributed by atoms with Crippen molar-refractivity contribution in [1.29, 1.82) is 0 Å². The van der Waals surface area contributed by atoms with Gasteiger partial charge in [0.15, 0.2) is 5.76 Å². The largest absolute Gasteiger partial charge is 0.459 e. The summed E-state index contributed by atoms with van der Waals surface area (Å²) in [5, 5.41) is 12.5. The molecule has 5 nitrogen and oxygen atoms in total. The van der Waals surface area contributed by atoms with Gasteiger partial charge in [0.2, 0.25) is 0 Å². The number of aromatic nitrogens is 1. The number of nitrogens with one attached hydrogen (secondary N) is 1. The predicted molar refractivity (Wildman–Crippen MR) is 61.4 cm³/mol. The van der Waals surface area contributed by atoms with Gasteiger partial charge in [-0.25, -0.2) is 0 Å². The third kappa shape index (κ3) is 2.57. The van der Waals surface area contributed by atoms with Crippen LogP contribution in [0, 0.1) is 0 Å². The van der Waals surface area contributed by atoms with Gasteiger partial charge in [0.25, 0.3) is 5.91 Å². The second-order valence-corrected chi connectivity index (χ2v) is 3.75. The minimum absolute atomic E-state index is 0.150. The fourth-order valence-electron chi connectivity index (χ4n) is 1.61. The lowest BCUT2D eigenvalue weighted by Crippen LogP contribution is -2.28. The Balaban J connectivity index is 1.91. The summed E-state index contributed by atoms with van der Waals surface area (Å²) in [7, 11) is 1.84. The fourth-order valence-corrected chi connectivity index (χ4v) is 1.61. The van der Waals surface area contributed by atoms with Crippen molar-refractivity contribution in [2.45, 2.75) is 6.10 Å². The third-order valence-electron chi connectivity index (χ3n) is 2.53. The van der Waals surface area contributed by atoms with Crippen molar-refractivity contribution in [3.05, 3.63) is 48.2 Å². The van der Waals surface area contributed by atoms with Crippen LogP contribution in [-0.2, 0) is 7.05 Å². The zero-order valence-electron chi connectivity index (χ0n) is 9.46. The molecule has 90 valence electrons. The van der Waals surface area contributed by atoms with E-state index in [2.05, 4.69) is 5.32 Å². The molecular formula is C12H14N2O3. The Morgan fingerprint density at radius 1 is 1.53 bits per heavy atom. The number of hydrogen-bond acceptors (Lipinski definition) is 3. The maximum absolute atomic E-state index is 11.5. The highest BCUT2D eigenvalue weighted by Gasteiger charge is 2.13. The Labute approximate surface area is 98.7 Å². The molecule has 0 saturated heterocycles. The first-order chi connectivity index (χ1) is 8.18. The van der Waals surface area contributed by atoms with Gasteiger partial charge in [0, 0.05) is 25.5 Å². The van der Waals surface area contributed by atoms with Gasteiger partial charge in [-0.1, -0.05) is 0 Å². The predicted octanol–water partition coefficient (Wildman–Crippen LogP) is 1.08. The summed E-state index contributed by atoms with van der Waals surface area (Å²) in [5.74, 6) is -0.0904. The monoisotopic (exact) mass is 234 g/mol. The molecule has 0 radical (unpaired) electrons. The smallest absolute Gasteiger partial charge is 0.287 e. The summed E-state index contributed by atoms with van der Waals surface area (Å²) in [6, 6.07) is 6.86. The van der Waals surface area contributed by atoms with Gasteiger partial charge >= 0.3 is 0 Å². The molecule has 2 heterocycles. The molecule has 0 aliphatic heterocycles. The number of amides is 1. The van der Waals surface area contributed by atoms with Crippen molar-refractivity contribution < 1.29 is 14.3 Å². The molecule has 0 spiro atoms. The lowest BCUT2D eigenvalue weighted by atomic mass is 10.2. The van der Waals surface area contributed by atoms with E-state index in [0.717, 1.165) is 5.69 Å². The van der Waals surface area contributed by atoms with Crippen LogP contribution in [0.3, 0.4) is 0 Å². The molecule has 0 bridgehead atoms. The van der Waals surface area contributed by atoms with Gasteiger partial charge in [-0.15, -0.1) is 0 Å². The Morgan fingerprint density at radius 3 is 2.94 bits per heavy atom. The van der Waals surface area contributed by atoms with Crippen LogP contribution < -0.4 is 5.32 Å². The lowest BCUT2D eigenvalue weighted by Gasteiger charge is -2.12. The van der Waals surface area contributed by atoms with Crippen LogP contribution in [0.5, 0.6) is 0 Å². The van der Waals surface area contributed by atoms with Gasteiger partial charge in [0.05, 0.1) is 6.26 Å². The van der Waals surface area contributed by atoms with Crippen LogP contribution in [-0.4, -0.2) is 22.1 Å². The molecule has 2 rings (SSSR count). The minimum Gasteiger partial charge on any atom is -0.459 e. The number of aliphatic hydroxyl groups is 1. The summed E-state index contributed by atoms with van der Waals surface area (Å²) >= 11 is 0. The number of furan rings is 1. The van der Waals surface area contributed by atoms with Crippen LogP contribution in [0.1, 0.15) is 22.4 Å². The summed E-state index contributed by atoms with van der Waals surface area (Å²) in [6.07, 6.45) is 2.55. The van der Waals surface area contributed by atoms with Crippen molar-refractivity contribution in [2.24, 2.45) is 7.05 Å². The second kappa shape index (κ2) is 4.88. The molecule has 0 aliphatic rings. The number of nitrogens with zero attached hydrogens (tertiary/aromatic N) is 1. The van der Waals surface area contributed by atoms with E-state index in [-0.39, 0.29) is 18.2 Å². The van der Waals surface area contributed by atoms with Crippen LogP contribution >= 0.6 is 0 Å². The molecule has 2 aromatic heterocycles.